The average Bonchev–Trinajstić information content (AvgIpc) is 2.62. The van der Waals surface area contributed by atoms with Crippen molar-refractivity contribution in [2.24, 2.45) is 0 Å². The molecule has 120 valence electrons. The number of hydrogen-bond acceptors (Lipinski definition) is 3. The van der Waals surface area contributed by atoms with E-state index in [0.717, 1.165) is 36.8 Å². The second-order valence-electron chi connectivity index (χ2n) is 6.54. The molecule has 0 N–H and O–H groups in total. The van der Waals surface area contributed by atoms with Crippen LogP contribution in [0.1, 0.15) is 37.7 Å². The zero-order valence-electron chi connectivity index (χ0n) is 13.3. The van der Waals surface area contributed by atoms with Gasteiger partial charge in [-0.15, -0.1) is 0 Å². The molecule has 4 rings (SSSR count). The molecule has 2 aromatic carbocycles. The van der Waals surface area contributed by atoms with Crippen molar-refractivity contribution in [3.8, 4) is 0 Å². The largest absolute Gasteiger partial charge is 0.344 e. The Balaban J connectivity index is 1.48. The minimum absolute atomic E-state index is 0.247. The summed E-state index contributed by atoms with van der Waals surface area (Å²) in [7, 11) is 0. The van der Waals surface area contributed by atoms with E-state index in [9.17, 15) is 0 Å². The first-order valence-corrected chi connectivity index (χ1v) is 8.42. The molecule has 1 spiro atoms. The third-order valence-electron chi connectivity index (χ3n) is 4.94. The summed E-state index contributed by atoms with van der Waals surface area (Å²) in [5, 5.41) is 2.43. The van der Waals surface area contributed by atoms with Gasteiger partial charge in [0.15, 0.2) is 0 Å². The van der Waals surface area contributed by atoms with Crippen LogP contribution in [0.2, 0.25) is 0 Å². The topological polar surface area (TPSA) is 27.7 Å². The van der Waals surface area contributed by atoms with E-state index in [1.54, 1.807) is 0 Å². The standard InChI is InChI=1S/C20H22O3/c1-15(17-10-9-16-7-3-4-8-18(16)13-17)19-14-21-20(23-22-19)11-5-2-6-12-20/h3-4,7-10,13,19H,1-2,5-6,11-12,14H2. The van der Waals surface area contributed by atoms with Crippen molar-refractivity contribution in [3.05, 3.63) is 54.6 Å². The Hall–Kier alpha value is -1.68. The predicted molar refractivity (Wildman–Crippen MR) is 90.7 cm³/mol. The van der Waals surface area contributed by atoms with Gasteiger partial charge in [-0.2, -0.15) is 0 Å². The van der Waals surface area contributed by atoms with Crippen LogP contribution in [0.5, 0.6) is 0 Å². The first-order chi connectivity index (χ1) is 11.3. The van der Waals surface area contributed by atoms with Gasteiger partial charge < -0.3 is 4.74 Å². The monoisotopic (exact) mass is 310 g/mol. The van der Waals surface area contributed by atoms with E-state index in [1.807, 2.05) is 12.1 Å². The van der Waals surface area contributed by atoms with Gasteiger partial charge in [-0.1, -0.05) is 49.4 Å². The van der Waals surface area contributed by atoms with Gasteiger partial charge in [0.25, 0.3) is 0 Å². The quantitative estimate of drug-likeness (QED) is 0.741. The first kappa shape index (κ1) is 14.9. The Morgan fingerprint density at radius 2 is 1.78 bits per heavy atom. The van der Waals surface area contributed by atoms with Crippen LogP contribution < -0.4 is 0 Å². The molecule has 2 aliphatic rings. The first-order valence-electron chi connectivity index (χ1n) is 8.42. The van der Waals surface area contributed by atoms with Crippen molar-refractivity contribution in [2.45, 2.75) is 44.0 Å². The molecular weight excluding hydrogens is 288 g/mol. The molecule has 0 bridgehead atoms. The second-order valence-corrected chi connectivity index (χ2v) is 6.54. The lowest BCUT2D eigenvalue weighted by atomic mass is 9.93. The molecule has 1 saturated heterocycles. The molecule has 1 aliphatic heterocycles. The fourth-order valence-electron chi connectivity index (χ4n) is 3.48. The summed E-state index contributed by atoms with van der Waals surface area (Å²) < 4.78 is 6.04. The molecule has 0 aromatic heterocycles. The molecule has 3 heteroatoms. The van der Waals surface area contributed by atoms with E-state index >= 15 is 0 Å². The minimum atomic E-state index is -0.515. The molecule has 23 heavy (non-hydrogen) atoms. The van der Waals surface area contributed by atoms with Crippen LogP contribution in [0.25, 0.3) is 16.3 Å². The highest BCUT2D eigenvalue weighted by Gasteiger charge is 2.41. The third kappa shape index (κ3) is 2.92. The molecule has 2 fully saturated rings. The summed E-state index contributed by atoms with van der Waals surface area (Å²) in [6, 6.07) is 14.7. The van der Waals surface area contributed by atoms with Crippen molar-refractivity contribution in [1.29, 1.82) is 0 Å². The van der Waals surface area contributed by atoms with Gasteiger partial charge in [0.1, 0.15) is 6.10 Å². The van der Waals surface area contributed by atoms with Gasteiger partial charge in [0.05, 0.1) is 6.61 Å². The highest BCUT2D eigenvalue weighted by atomic mass is 17.2. The van der Waals surface area contributed by atoms with Crippen LogP contribution in [-0.4, -0.2) is 18.5 Å². The summed E-state index contributed by atoms with van der Waals surface area (Å²) in [5.74, 6) is -0.515. The number of hydrogen-bond donors (Lipinski definition) is 0. The Bertz CT molecular complexity index is 706. The number of ether oxygens (including phenoxy) is 1. The molecule has 3 nitrogen and oxygen atoms in total. The molecule has 1 saturated carbocycles. The zero-order chi connectivity index (χ0) is 15.7. The second kappa shape index (κ2) is 6.08. The fourth-order valence-corrected chi connectivity index (χ4v) is 3.48. The van der Waals surface area contributed by atoms with E-state index in [1.165, 1.54) is 17.2 Å². The van der Waals surface area contributed by atoms with Crippen LogP contribution in [0.3, 0.4) is 0 Å². The summed E-state index contributed by atoms with van der Waals surface area (Å²) in [5.41, 5.74) is 1.97. The van der Waals surface area contributed by atoms with E-state index in [0.29, 0.717) is 6.61 Å². The zero-order valence-corrected chi connectivity index (χ0v) is 13.3. The SMILES string of the molecule is C=C(c1ccc2ccccc2c1)C1COC2(CCCCC2)OO1. The maximum Gasteiger partial charge on any atom is 0.201 e. The average molecular weight is 310 g/mol. The van der Waals surface area contributed by atoms with Crippen molar-refractivity contribution < 1.29 is 14.5 Å². The molecule has 1 unspecified atom stereocenters. The Morgan fingerprint density at radius 3 is 2.52 bits per heavy atom. The summed E-state index contributed by atoms with van der Waals surface area (Å²) in [6.45, 7) is 4.71. The highest BCUT2D eigenvalue weighted by molar-refractivity contribution is 5.86. The van der Waals surface area contributed by atoms with E-state index in [2.05, 4.69) is 36.9 Å². The molecule has 2 aromatic rings. The van der Waals surface area contributed by atoms with Gasteiger partial charge >= 0.3 is 0 Å². The van der Waals surface area contributed by atoms with Crippen LogP contribution >= 0.6 is 0 Å². The molecule has 1 atom stereocenters. The summed E-state index contributed by atoms with van der Waals surface area (Å²) in [4.78, 5) is 11.3. The lowest BCUT2D eigenvalue weighted by Gasteiger charge is -2.41. The molecular formula is C20H22O3. The molecule has 0 radical (unpaired) electrons. The van der Waals surface area contributed by atoms with Gasteiger partial charge in [0, 0.05) is 12.8 Å². The van der Waals surface area contributed by atoms with Crippen LogP contribution in [-0.2, 0) is 14.5 Å². The Labute approximate surface area is 136 Å². The molecule has 1 aliphatic carbocycles. The van der Waals surface area contributed by atoms with Gasteiger partial charge in [0.2, 0.25) is 5.79 Å². The van der Waals surface area contributed by atoms with Crippen LogP contribution in [0, 0.1) is 0 Å². The fraction of sp³-hybridized carbons (Fsp3) is 0.400. The van der Waals surface area contributed by atoms with Crippen molar-refractivity contribution >= 4 is 16.3 Å². The highest BCUT2D eigenvalue weighted by Crippen LogP contribution is 2.37. The van der Waals surface area contributed by atoms with Crippen LogP contribution in [0.15, 0.2) is 49.0 Å². The van der Waals surface area contributed by atoms with E-state index < -0.39 is 5.79 Å². The van der Waals surface area contributed by atoms with Crippen molar-refractivity contribution in [2.75, 3.05) is 6.61 Å². The lowest BCUT2D eigenvalue weighted by Crippen LogP contribution is -2.46. The number of benzene rings is 2. The van der Waals surface area contributed by atoms with Gasteiger partial charge in [-0.25, -0.2) is 9.78 Å². The third-order valence-corrected chi connectivity index (χ3v) is 4.94. The minimum Gasteiger partial charge on any atom is -0.344 e. The maximum absolute atomic E-state index is 6.04. The smallest absolute Gasteiger partial charge is 0.201 e. The van der Waals surface area contributed by atoms with Crippen LogP contribution in [0.4, 0.5) is 0 Å². The number of fused-ring (bicyclic) bond motifs is 1. The summed E-state index contributed by atoms with van der Waals surface area (Å²) in [6.07, 6.45) is 5.12. The van der Waals surface area contributed by atoms with Crippen molar-refractivity contribution in [1.82, 2.24) is 0 Å². The summed E-state index contributed by atoms with van der Waals surface area (Å²) >= 11 is 0. The van der Waals surface area contributed by atoms with Gasteiger partial charge in [-0.3, -0.25) is 0 Å². The molecule has 1 heterocycles. The lowest BCUT2D eigenvalue weighted by molar-refractivity contribution is -0.483. The number of rotatable bonds is 2. The van der Waals surface area contributed by atoms with Gasteiger partial charge in [-0.05, 0) is 40.8 Å². The maximum atomic E-state index is 6.04. The Morgan fingerprint density at radius 1 is 1.00 bits per heavy atom. The van der Waals surface area contributed by atoms with E-state index in [4.69, 9.17) is 14.5 Å². The normalized spacial score (nSPS) is 23.9. The predicted octanol–water partition coefficient (Wildman–Crippen LogP) is 4.86. The molecule has 0 amide bonds. The Kier molecular flexibility index (Phi) is 3.93. The van der Waals surface area contributed by atoms with Crippen molar-refractivity contribution in [3.63, 3.8) is 0 Å². The van der Waals surface area contributed by atoms with E-state index in [-0.39, 0.29) is 6.10 Å².